The van der Waals surface area contributed by atoms with Crippen molar-refractivity contribution in [2.24, 2.45) is 23.5 Å². The Hall–Kier alpha value is -2.12. The summed E-state index contributed by atoms with van der Waals surface area (Å²) in [6.45, 7) is -0.338. The van der Waals surface area contributed by atoms with Crippen LogP contribution in [0, 0.1) is 17.8 Å². The molecule has 4 unspecified atom stereocenters. The highest BCUT2D eigenvalue weighted by atomic mass is 16.2. The Morgan fingerprint density at radius 1 is 1.13 bits per heavy atom. The van der Waals surface area contributed by atoms with Gasteiger partial charge in [0.1, 0.15) is 5.54 Å². The van der Waals surface area contributed by atoms with Crippen LogP contribution in [0.3, 0.4) is 0 Å². The molecular weight excluding hydrogens is 384 g/mol. The first-order valence-corrected chi connectivity index (χ1v) is 10.5. The number of rotatable bonds is 7. The normalized spacial score (nSPS) is 39.1. The zero-order chi connectivity index (χ0) is 26.4. The molecule has 0 aromatic heterocycles. The molecule has 2 saturated heterocycles. The summed E-state index contributed by atoms with van der Waals surface area (Å²) in [6, 6.07) is -0.609. The number of amides is 5. The molecule has 8 heteroatoms. The molecule has 168 valence electrons. The third-order valence-corrected chi connectivity index (χ3v) is 6.70. The molecule has 5 amide bonds. The van der Waals surface area contributed by atoms with Crippen LogP contribution in [-0.4, -0.2) is 70.6 Å². The molecule has 2 heterocycles. The minimum absolute atomic E-state index is 0.0931. The van der Waals surface area contributed by atoms with Crippen LogP contribution >= 0.6 is 0 Å². The van der Waals surface area contributed by atoms with Gasteiger partial charge >= 0.3 is 6.03 Å². The number of piperidine rings is 1. The first kappa shape index (κ1) is 16.6. The average Bonchev–Trinajstić information content (AvgIpc) is 3.36. The van der Waals surface area contributed by atoms with Crippen molar-refractivity contribution >= 4 is 23.8 Å². The number of nitrogens with two attached hydrogens (primary N) is 1. The first-order chi connectivity index (χ1) is 16.2. The van der Waals surface area contributed by atoms with Crippen molar-refractivity contribution in [2.75, 3.05) is 26.6 Å². The van der Waals surface area contributed by atoms with E-state index in [1.165, 1.54) is 11.9 Å². The van der Waals surface area contributed by atoms with E-state index >= 15 is 0 Å². The minimum atomic E-state index is -1.55. The van der Waals surface area contributed by atoms with Crippen LogP contribution in [0.5, 0.6) is 0 Å². The lowest BCUT2D eigenvalue weighted by Gasteiger charge is -2.35. The molecule has 1 saturated carbocycles. The largest absolute Gasteiger partial charge is 0.369 e. The fourth-order valence-electron chi connectivity index (χ4n) is 4.53. The lowest BCUT2D eigenvalue weighted by molar-refractivity contribution is -0.144. The van der Waals surface area contributed by atoms with Crippen LogP contribution < -0.4 is 5.73 Å². The number of nitrogens with zero attached hydrogens (tertiary/aromatic N) is 3. The topological polar surface area (TPSA) is 104 Å². The molecule has 2 aliphatic heterocycles. The second-order valence-electron chi connectivity index (χ2n) is 8.94. The number of hydrogen-bond acceptors (Lipinski definition) is 4. The van der Waals surface area contributed by atoms with Gasteiger partial charge in [-0.05, 0) is 45.4 Å². The second kappa shape index (κ2) is 8.94. The lowest BCUT2D eigenvalue weighted by atomic mass is 9.81. The van der Waals surface area contributed by atoms with Crippen LogP contribution in [0.25, 0.3) is 0 Å². The predicted molar refractivity (Wildman–Crippen MR) is 112 cm³/mol. The van der Waals surface area contributed by atoms with Crippen LogP contribution in [0.2, 0.25) is 0 Å². The number of likely N-dealkylation sites (tertiary alicyclic amines) is 1. The Balaban J connectivity index is 1.96. The molecule has 0 radical (unpaired) electrons. The molecule has 1 aliphatic carbocycles. The van der Waals surface area contributed by atoms with Gasteiger partial charge in [-0.1, -0.05) is 25.7 Å². The van der Waals surface area contributed by atoms with E-state index < -0.39 is 79.9 Å². The maximum absolute atomic E-state index is 13.8. The van der Waals surface area contributed by atoms with Gasteiger partial charge in [0.15, 0.2) is 0 Å². The van der Waals surface area contributed by atoms with E-state index in [0.717, 1.165) is 35.5 Å². The number of imide groups is 1. The molecule has 30 heavy (non-hydrogen) atoms. The van der Waals surface area contributed by atoms with Gasteiger partial charge in [-0.25, -0.2) is 4.79 Å². The van der Waals surface area contributed by atoms with Gasteiger partial charge in [0, 0.05) is 33.5 Å². The maximum Gasteiger partial charge on any atom is 0.327 e. The summed E-state index contributed by atoms with van der Waals surface area (Å²) in [5.41, 5.74) is 4.60. The summed E-state index contributed by atoms with van der Waals surface area (Å²) in [5.74, 6) is -4.43. The Labute approximate surface area is 186 Å². The van der Waals surface area contributed by atoms with Gasteiger partial charge in [0.05, 0.1) is 11.8 Å². The van der Waals surface area contributed by atoms with Crippen molar-refractivity contribution in [2.45, 2.75) is 70.7 Å². The average molecular weight is 426 g/mol. The standard InChI is InChI=1S/C22H36N4O4/c1-22(2)20(29)26(21(30)24(22)3)14-17(18(23)27)16(13-15-9-5-6-10-15)19(28)25-11-7-4-8-12-25/h15-17H,4-14H2,1-3H3,(H2,23,27)/t16-,17+/m1/s1/i4D,7D,8D,11D,12D/t4?,7?,8?,11?,12?,16-,17+. The highest BCUT2D eigenvalue weighted by Crippen LogP contribution is 2.35. The maximum atomic E-state index is 13.8. The Morgan fingerprint density at radius 2 is 1.73 bits per heavy atom. The van der Waals surface area contributed by atoms with Crippen molar-refractivity contribution in [3.63, 3.8) is 0 Å². The van der Waals surface area contributed by atoms with E-state index in [-0.39, 0.29) is 12.3 Å². The summed E-state index contributed by atoms with van der Waals surface area (Å²) in [6.07, 6.45) is -0.307. The van der Waals surface area contributed by atoms with Gasteiger partial charge in [-0.3, -0.25) is 19.3 Å². The molecule has 0 bridgehead atoms. The van der Waals surface area contributed by atoms with Crippen LogP contribution in [0.4, 0.5) is 4.79 Å². The smallest absolute Gasteiger partial charge is 0.327 e. The van der Waals surface area contributed by atoms with Crippen molar-refractivity contribution in [1.29, 1.82) is 0 Å². The highest BCUT2D eigenvalue weighted by molar-refractivity contribution is 6.06. The van der Waals surface area contributed by atoms with E-state index in [0.29, 0.717) is 0 Å². The van der Waals surface area contributed by atoms with Gasteiger partial charge in [-0.2, -0.15) is 0 Å². The second-order valence-corrected chi connectivity index (χ2v) is 8.94. The number of urea groups is 1. The van der Waals surface area contributed by atoms with Crippen LogP contribution in [0.1, 0.15) is 72.0 Å². The molecule has 3 rings (SSSR count). The Morgan fingerprint density at radius 3 is 2.23 bits per heavy atom. The fraction of sp³-hybridized carbons (Fsp3) is 0.818. The molecule has 0 aromatic carbocycles. The SMILES string of the molecule is [2H]C1C([2H])C([2H])N(C(=O)[C@H](CC2CCCC2)[C@H](CN2C(=O)N(C)C(C)(C)C2=O)C(N)=O)C([2H])C1[2H]. The number of primary amides is 1. The van der Waals surface area contributed by atoms with E-state index in [9.17, 15) is 19.2 Å². The van der Waals surface area contributed by atoms with Crippen LogP contribution in [-0.2, 0) is 14.4 Å². The third kappa shape index (κ3) is 4.32. The molecule has 3 fully saturated rings. The van der Waals surface area contributed by atoms with Gasteiger partial charge in [0.2, 0.25) is 11.8 Å². The molecule has 6 atom stereocenters. The van der Waals surface area contributed by atoms with E-state index in [1.54, 1.807) is 13.8 Å². The first-order valence-electron chi connectivity index (χ1n) is 13.4. The minimum Gasteiger partial charge on any atom is -0.369 e. The van der Waals surface area contributed by atoms with Gasteiger partial charge < -0.3 is 15.5 Å². The van der Waals surface area contributed by atoms with Crippen molar-refractivity contribution in [1.82, 2.24) is 14.7 Å². The molecule has 8 nitrogen and oxygen atoms in total. The molecular formula is C22H36N4O4. The summed E-state index contributed by atoms with van der Waals surface area (Å²) in [4.78, 5) is 55.3. The highest BCUT2D eigenvalue weighted by Gasteiger charge is 2.51. The number of hydrogen-bond donors (Lipinski definition) is 1. The summed E-state index contributed by atoms with van der Waals surface area (Å²) < 4.78 is 40.9. The van der Waals surface area contributed by atoms with Crippen molar-refractivity contribution in [3.8, 4) is 0 Å². The van der Waals surface area contributed by atoms with Gasteiger partial charge in [-0.15, -0.1) is 0 Å². The number of likely N-dealkylation sites (N-methyl/N-ethyl adjacent to an activating group) is 1. The number of carbonyl (C=O) groups is 4. The monoisotopic (exact) mass is 425 g/mol. The van der Waals surface area contributed by atoms with E-state index in [2.05, 4.69) is 0 Å². The fourth-order valence-corrected chi connectivity index (χ4v) is 4.53. The van der Waals surface area contributed by atoms with Crippen LogP contribution in [0.15, 0.2) is 0 Å². The predicted octanol–water partition coefficient (Wildman–Crippen LogP) is 1.97. The third-order valence-electron chi connectivity index (χ3n) is 6.70. The quantitative estimate of drug-likeness (QED) is 0.630. The zero-order valence-corrected chi connectivity index (χ0v) is 17.9. The summed E-state index contributed by atoms with van der Waals surface area (Å²) in [7, 11) is 1.48. The van der Waals surface area contributed by atoms with E-state index in [1.807, 2.05) is 0 Å². The summed E-state index contributed by atoms with van der Waals surface area (Å²) in [5, 5.41) is 0. The lowest BCUT2D eigenvalue weighted by Crippen LogP contribution is -2.50. The van der Waals surface area contributed by atoms with E-state index in [4.69, 9.17) is 12.6 Å². The van der Waals surface area contributed by atoms with Crippen molar-refractivity contribution in [3.05, 3.63) is 0 Å². The molecule has 2 N–H and O–H groups in total. The van der Waals surface area contributed by atoms with Crippen molar-refractivity contribution < 1.29 is 26.0 Å². The number of carbonyl (C=O) groups excluding carboxylic acids is 4. The van der Waals surface area contributed by atoms with Gasteiger partial charge in [0.25, 0.3) is 5.91 Å². The molecule has 3 aliphatic rings. The molecule has 0 aromatic rings. The Kier molecular flexibility index (Phi) is 4.93. The Bertz CT molecular complexity index is 855. The summed E-state index contributed by atoms with van der Waals surface area (Å²) >= 11 is 0. The molecule has 0 spiro atoms. The zero-order valence-electron chi connectivity index (χ0n) is 22.9.